The lowest BCUT2D eigenvalue weighted by atomic mass is 10.1. The van der Waals surface area contributed by atoms with Gasteiger partial charge in [-0.15, -0.1) is 10.2 Å². The Kier molecular flexibility index (Phi) is 3.98. The number of azo groups is 1. The highest BCUT2D eigenvalue weighted by Crippen LogP contribution is 2.31. The van der Waals surface area contributed by atoms with Gasteiger partial charge in [0.2, 0.25) is 10.9 Å². The summed E-state index contributed by atoms with van der Waals surface area (Å²) in [4.78, 5) is 26.2. The van der Waals surface area contributed by atoms with Crippen LogP contribution in [-0.2, 0) is 0 Å². The van der Waals surface area contributed by atoms with E-state index in [9.17, 15) is 9.59 Å². The second-order valence-corrected chi connectivity index (χ2v) is 7.36. The highest BCUT2D eigenvalue weighted by Gasteiger charge is 2.13. The van der Waals surface area contributed by atoms with Gasteiger partial charge in [0, 0.05) is 0 Å². The van der Waals surface area contributed by atoms with E-state index in [2.05, 4.69) is 10.2 Å². The van der Waals surface area contributed by atoms with Crippen molar-refractivity contribution in [1.82, 2.24) is 0 Å². The van der Waals surface area contributed by atoms with Crippen LogP contribution in [0.3, 0.4) is 0 Å². The van der Waals surface area contributed by atoms with Crippen LogP contribution in [0.25, 0.3) is 43.9 Å². The standard InChI is InChI=1S/C26H14N2O4/c29-25-15-7-1-3-11-19(15)31-21-13-5-9-17(23(21)25)27-28-18-10-6-14-22-24(18)26(30)16-8-2-4-12-20(16)32-22/h1-14H. The summed E-state index contributed by atoms with van der Waals surface area (Å²) in [7, 11) is 0. The van der Waals surface area contributed by atoms with Crippen LogP contribution in [0, 0.1) is 0 Å². The number of fused-ring (bicyclic) bond motifs is 4. The summed E-state index contributed by atoms with van der Waals surface area (Å²) in [5.41, 5.74) is 2.24. The van der Waals surface area contributed by atoms with Crippen molar-refractivity contribution in [1.29, 1.82) is 0 Å². The zero-order valence-corrected chi connectivity index (χ0v) is 16.6. The molecule has 4 aromatic carbocycles. The van der Waals surface area contributed by atoms with E-state index in [4.69, 9.17) is 8.83 Å². The summed E-state index contributed by atoms with van der Waals surface area (Å²) in [5.74, 6) is 0. The van der Waals surface area contributed by atoms with Gasteiger partial charge in [-0.1, -0.05) is 36.4 Å². The molecule has 0 fully saturated rings. The van der Waals surface area contributed by atoms with E-state index in [0.29, 0.717) is 55.3 Å². The third-order valence-electron chi connectivity index (χ3n) is 5.43. The Balaban J connectivity index is 1.58. The Hall–Kier alpha value is -4.58. The predicted molar refractivity (Wildman–Crippen MR) is 124 cm³/mol. The molecule has 0 N–H and O–H groups in total. The summed E-state index contributed by atoms with van der Waals surface area (Å²) in [6.45, 7) is 0. The van der Waals surface area contributed by atoms with Crippen LogP contribution in [0.1, 0.15) is 0 Å². The molecule has 32 heavy (non-hydrogen) atoms. The number of nitrogens with zero attached hydrogens (tertiary/aromatic N) is 2. The van der Waals surface area contributed by atoms with E-state index in [1.165, 1.54) is 0 Å². The zero-order valence-electron chi connectivity index (χ0n) is 16.6. The fraction of sp³-hybridized carbons (Fsp3) is 0. The van der Waals surface area contributed by atoms with Crippen LogP contribution in [0.5, 0.6) is 0 Å². The van der Waals surface area contributed by atoms with Gasteiger partial charge in [-0.05, 0) is 48.5 Å². The molecule has 2 heterocycles. The van der Waals surface area contributed by atoms with Crippen LogP contribution in [0.15, 0.2) is 114 Å². The Morgan fingerprint density at radius 2 is 0.875 bits per heavy atom. The lowest BCUT2D eigenvalue weighted by Gasteiger charge is -2.04. The fourth-order valence-electron chi connectivity index (χ4n) is 3.93. The first-order valence-electron chi connectivity index (χ1n) is 10.0. The summed E-state index contributed by atoms with van der Waals surface area (Å²) >= 11 is 0. The average molecular weight is 418 g/mol. The molecule has 152 valence electrons. The molecule has 0 amide bonds. The highest BCUT2D eigenvalue weighted by molar-refractivity contribution is 5.97. The number of benzene rings is 4. The van der Waals surface area contributed by atoms with Gasteiger partial charge in [0.05, 0.1) is 21.5 Å². The van der Waals surface area contributed by atoms with Gasteiger partial charge in [-0.2, -0.15) is 0 Å². The Morgan fingerprint density at radius 1 is 0.469 bits per heavy atom. The largest absolute Gasteiger partial charge is 0.456 e. The summed E-state index contributed by atoms with van der Waals surface area (Å²) in [6.07, 6.45) is 0. The van der Waals surface area contributed by atoms with Crippen LogP contribution < -0.4 is 10.9 Å². The van der Waals surface area contributed by atoms with Crippen molar-refractivity contribution in [2.24, 2.45) is 10.2 Å². The monoisotopic (exact) mass is 418 g/mol. The lowest BCUT2D eigenvalue weighted by Crippen LogP contribution is -2.02. The minimum absolute atomic E-state index is 0.181. The van der Waals surface area contributed by atoms with Crippen molar-refractivity contribution < 1.29 is 8.83 Å². The van der Waals surface area contributed by atoms with E-state index in [0.717, 1.165) is 0 Å². The Bertz CT molecular complexity index is 1700. The molecule has 6 aromatic rings. The maximum Gasteiger partial charge on any atom is 0.202 e. The van der Waals surface area contributed by atoms with Crippen molar-refractivity contribution in [2.45, 2.75) is 0 Å². The SMILES string of the molecule is O=c1c2ccccc2oc2cccc(N=Nc3cccc4oc5ccccc5c(=O)c34)c12. The van der Waals surface area contributed by atoms with Crippen molar-refractivity contribution in [3.63, 3.8) is 0 Å². The van der Waals surface area contributed by atoms with Crippen LogP contribution >= 0.6 is 0 Å². The molecule has 0 aliphatic rings. The van der Waals surface area contributed by atoms with Crippen LogP contribution in [0.2, 0.25) is 0 Å². The van der Waals surface area contributed by atoms with Gasteiger partial charge in [-0.25, -0.2) is 0 Å². The van der Waals surface area contributed by atoms with E-state index in [1.54, 1.807) is 72.8 Å². The van der Waals surface area contributed by atoms with Gasteiger partial charge < -0.3 is 8.83 Å². The number of rotatable bonds is 2. The predicted octanol–water partition coefficient (Wildman–Crippen LogP) is 6.62. The Labute approximate surface area is 180 Å². The molecule has 0 saturated heterocycles. The molecule has 2 aromatic heterocycles. The van der Waals surface area contributed by atoms with Gasteiger partial charge in [-0.3, -0.25) is 9.59 Å². The number of para-hydroxylation sites is 2. The van der Waals surface area contributed by atoms with E-state index >= 15 is 0 Å². The maximum absolute atomic E-state index is 13.1. The molecule has 0 unspecified atom stereocenters. The average Bonchev–Trinajstić information content (AvgIpc) is 2.83. The molecule has 6 rings (SSSR count). The second kappa shape index (κ2) is 6.99. The van der Waals surface area contributed by atoms with Gasteiger partial charge >= 0.3 is 0 Å². The zero-order chi connectivity index (χ0) is 21.7. The molecule has 0 radical (unpaired) electrons. The molecular formula is C26H14N2O4. The minimum Gasteiger partial charge on any atom is -0.456 e. The smallest absolute Gasteiger partial charge is 0.202 e. The quantitative estimate of drug-likeness (QED) is 0.234. The van der Waals surface area contributed by atoms with Crippen molar-refractivity contribution in [3.05, 3.63) is 105 Å². The van der Waals surface area contributed by atoms with Gasteiger partial charge in [0.25, 0.3) is 0 Å². The minimum atomic E-state index is -0.181. The van der Waals surface area contributed by atoms with E-state index in [1.807, 2.05) is 12.1 Å². The lowest BCUT2D eigenvalue weighted by molar-refractivity contribution is 0.659. The summed E-state index contributed by atoms with van der Waals surface area (Å²) < 4.78 is 11.8. The van der Waals surface area contributed by atoms with Crippen LogP contribution in [0.4, 0.5) is 11.4 Å². The third kappa shape index (κ3) is 2.74. The maximum atomic E-state index is 13.1. The molecule has 0 spiro atoms. The number of hydrogen-bond donors (Lipinski definition) is 0. The fourth-order valence-corrected chi connectivity index (χ4v) is 3.93. The normalized spacial score (nSPS) is 11.9. The first-order valence-corrected chi connectivity index (χ1v) is 10.0. The van der Waals surface area contributed by atoms with Crippen molar-refractivity contribution >= 4 is 55.3 Å². The van der Waals surface area contributed by atoms with Crippen molar-refractivity contribution in [3.8, 4) is 0 Å². The van der Waals surface area contributed by atoms with Gasteiger partial charge in [0.15, 0.2) is 0 Å². The molecule has 0 saturated carbocycles. The topological polar surface area (TPSA) is 85.1 Å². The molecular weight excluding hydrogens is 404 g/mol. The summed E-state index contributed by atoms with van der Waals surface area (Å²) in [5, 5.41) is 10.3. The highest BCUT2D eigenvalue weighted by atomic mass is 16.3. The Morgan fingerprint density at radius 3 is 1.34 bits per heavy atom. The first-order chi connectivity index (χ1) is 15.7. The van der Waals surface area contributed by atoms with Gasteiger partial charge in [0.1, 0.15) is 33.7 Å². The molecule has 0 aliphatic carbocycles. The van der Waals surface area contributed by atoms with Crippen molar-refractivity contribution in [2.75, 3.05) is 0 Å². The third-order valence-corrected chi connectivity index (χ3v) is 5.43. The molecule has 6 nitrogen and oxygen atoms in total. The number of hydrogen-bond acceptors (Lipinski definition) is 6. The molecule has 0 aliphatic heterocycles. The molecule has 0 atom stereocenters. The molecule has 6 heteroatoms. The summed E-state index contributed by atoms with van der Waals surface area (Å²) in [6, 6.07) is 24.5. The first kappa shape index (κ1) is 18.2. The van der Waals surface area contributed by atoms with E-state index in [-0.39, 0.29) is 10.9 Å². The van der Waals surface area contributed by atoms with E-state index < -0.39 is 0 Å². The second-order valence-electron chi connectivity index (χ2n) is 7.36. The van der Waals surface area contributed by atoms with Crippen LogP contribution in [-0.4, -0.2) is 0 Å². The molecule has 0 bridgehead atoms.